The second-order valence-corrected chi connectivity index (χ2v) is 8.15. The van der Waals surface area contributed by atoms with Gasteiger partial charge in [0.25, 0.3) is 0 Å². The van der Waals surface area contributed by atoms with Gasteiger partial charge in [0.1, 0.15) is 5.82 Å². The Morgan fingerprint density at radius 1 is 0.875 bits per heavy atom. The molecule has 0 aromatic heterocycles. The normalized spacial score (nSPS) is 18.4. The molecule has 1 aliphatic rings. The number of ether oxygens (including phenoxy) is 2. The Morgan fingerprint density at radius 3 is 2.44 bits per heavy atom. The first-order valence-corrected chi connectivity index (χ1v) is 11.0. The highest BCUT2D eigenvalue weighted by molar-refractivity contribution is 5.84. The molecule has 0 N–H and O–H groups in total. The van der Waals surface area contributed by atoms with E-state index in [2.05, 4.69) is 18.8 Å². The van der Waals surface area contributed by atoms with Gasteiger partial charge in [-0.15, -0.1) is 0 Å². The van der Waals surface area contributed by atoms with Gasteiger partial charge >= 0.3 is 0 Å². The lowest BCUT2D eigenvalue weighted by Crippen LogP contribution is -2.27. The number of hydrogen-bond donors (Lipinski definition) is 0. The summed E-state index contributed by atoms with van der Waals surface area (Å²) in [6.45, 7) is 3.41. The average molecular weight is 438 g/mol. The van der Waals surface area contributed by atoms with Crippen molar-refractivity contribution < 1.29 is 22.6 Å². The van der Waals surface area contributed by atoms with Crippen LogP contribution in [0.25, 0.3) is 10.8 Å². The van der Waals surface area contributed by atoms with Crippen molar-refractivity contribution in [2.45, 2.75) is 38.9 Å². The fraction of sp³-hybridized carbons (Fsp3) is 0.333. The third-order valence-electron chi connectivity index (χ3n) is 5.70. The van der Waals surface area contributed by atoms with Crippen molar-refractivity contribution in [2.75, 3.05) is 13.2 Å². The van der Waals surface area contributed by atoms with E-state index < -0.39 is 23.7 Å². The Balaban J connectivity index is 1.43. The Labute approximate surface area is 186 Å². The summed E-state index contributed by atoms with van der Waals surface area (Å²) in [6, 6.07) is 12.0. The molecule has 0 saturated carbocycles. The van der Waals surface area contributed by atoms with Gasteiger partial charge in [0.2, 0.25) is 0 Å². The van der Waals surface area contributed by atoms with Crippen LogP contribution < -0.4 is 0 Å². The van der Waals surface area contributed by atoms with Crippen molar-refractivity contribution in [3.05, 3.63) is 82.7 Å². The maximum Gasteiger partial charge on any atom is 0.183 e. The van der Waals surface area contributed by atoms with E-state index in [0.717, 1.165) is 12.5 Å². The van der Waals surface area contributed by atoms with Crippen molar-refractivity contribution in [1.82, 2.24) is 0 Å². The summed E-state index contributed by atoms with van der Waals surface area (Å²) in [4.78, 5) is 0. The first kappa shape index (κ1) is 22.4. The van der Waals surface area contributed by atoms with Crippen molar-refractivity contribution in [2.24, 2.45) is 5.92 Å². The summed E-state index contributed by atoms with van der Waals surface area (Å²) in [6.07, 6.45) is 4.08. The zero-order valence-electron chi connectivity index (χ0n) is 18.0. The molecular formula is C27H25F3O2. The molecule has 3 aromatic carbocycles. The molecule has 0 amide bonds. The quantitative estimate of drug-likeness (QED) is 0.319. The predicted molar refractivity (Wildman–Crippen MR) is 119 cm³/mol. The van der Waals surface area contributed by atoms with Gasteiger partial charge in [0, 0.05) is 22.4 Å². The Morgan fingerprint density at radius 2 is 1.69 bits per heavy atom. The first-order chi connectivity index (χ1) is 15.5. The highest BCUT2D eigenvalue weighted by atomic mass is 19.2. The van der Waals surface area contributed by atoms with Crippen LogP contribution in [0.3, 0.4) is 0 Å². The molecule has 1 heterocycles. The van der Waals surface area contributed by atoms with Crippen LogP contribution in [-0.4, -0.2) is 13.2 Å². The number of hydrogen-bond acceptors (Lipinski definition) is 2. The fourth-order valence-electron chi connectivity index (χ4n) is 3.85. The second kappa shape index (κ2) is 10.2. The number of fused-ring (bicyclic) bond motifs is 1. The van der Waals surface area contributed by atoms with E-state index in [-0.39, 0.29) is 10.9 Å². The van der Waals surface area contributed by atoms with Crippen LogP contribution in [0.5, 0.6) is 0 Å². The second-order valence-electron chi connectivity index (χ2n) is 8.15. The first-order valence-electron chi connectivity index (χ1n) is 11.0. The van der Waals surface area contributed by atoms with E-state index in [9.17, 15) is 13.2 Å². The molecule has 0 aliphatic carbocycles. The summed E-state index contributed by atoms with van der Waals surface area (Å²) in [5.41, 5.74) is 1.45. The molecule has 0 bridgehead atoms. The molecule has 2 nitrogen and oxygen atoms in total. The minimum Gasteiger partial charge on any atom is -0.348 e. The lowest BCUT2D eigenvalue weighted by Gasteiger charge is -2.29. The van der Waals surface area contributed by atoms with Crippen LogP contribution in [0.15, 0.2) is 48.5 Å². The lowest BCUT2D eigenvalue weighted by molar-refractivity contribution is -0.206. The number of benzene rings is 3. The summed E-state index contributed by atoms with van der Waals surface area (Å²) in [5, 5.41) is 0.720. The summed E-state index contributed by atoms with van der Waals surface area (Å²) in [7, 11) is 0. The minimum absolute atomic E-state index is 0.186. The molecule has 166 valence electrons. The molecule has 0 spiro atoms. The number of halogens is 3. The minimum atomic E-state index is -0.892. The number of rotatable bonds is 5. The molecule has 32 heavy (non-hydrogen) atoms. The van der Waals surface area contributed by atoms with E-state index in [4.69, 9.17) is 9.47 Å². The smallest absolute Gasteiger partial charge is 0.183 e. The molecule has 3 aromatic rings. The van der Waals surface area contributed by atoms with Gasteiger partial charge in [0.15, 0.2) is 17.9 Å². The van der Waals surface area contributed by atoms with Gasteiger partial charge in [-0.05, 0) is 42.1 Å². The molecule has 0 unspecified atom stereocenters. The summed E-state index contributed by atoms with van der Waals surface area (Å²) >= 11 is 0. The molecule has 1 aliphatic heterocycles. The molecular weight excluding hydrogens is 413 g/mol. The Kier molecular flexibility index (Phi) is 7.14. The van der Waals surface area contributed by atoms with Crippen molar-refractivity contribution in [3.63, 3.8) is 0 Å². The Bertz CT molecular complexity index is 1150. The van der Waals surface area contributed by atoms with E-state index in [0.29, 0.717) is 35.6 Å². The van der Waals surface area contributed by atoms with E-state index in [1.165, 1.54) is 37.5 Å². The van der Waals surface area contributed by atoms with Gasteiger partial charge in [-0.1, -0.05) is 56.2 Å². The largest absolute Gasteiger partial charge is 0.348 e. The highest BCUT2D eigenvalue weighted by Gasteiger charge is 2.23. The van der Waals surface area contributed by atoms with Crippen molar-refractivity contribution in [3.8, 4) is 11.8 Å². The van der Waals surface area contributed by atoms with Gasteiger partial charge in [0.05, 0.1) is 18.8 Å². The SMILES string of the molecule is CCCCCC1COC(c2ccc(C#Cc3ccc4c(F)c(F)ccc4c3)c(F)c2)OC1. The van der Waals surface area contributed by atoms with E-state index in [1.807, 2.05) is 0 Å². The monoisotopic (exact) mass is 438 g/mol. The molecule has 0 radical (unpaired) electrons. The predicted octanol–water partition coefficient (Wildman–Crippen LogP) is 6.90. The van der Waals surface area contributed by atoms with Crippen LogP contribution in [-0.2, 0) is 9.47 Å². The summed E-state index contributed by atoms with van der Waals surface area (Å²) in [5.74, 6) is 3.85. The molecule has 4 rings (SSSR count). The van der Waals surface area contributed by atoms with Crippen LogP contribution in [0.1, 0.15) is 55.6 Å². The standard InChI is InChI=1S/C27H25F3O2/c1-2-3-4-5-19-16-31-27(32-17-19)22-10-9-20(25(29)15-22)8-6-18-7-12-23-21(14-18)11-13-24(28)26(23)30/h7,9-15,19,27H,2-5,16-17H2,1H3. The van der Waals surface area contributed by atoms with Crippen LogP contribution in [0.2, 0.25) is 0 Å². The van der Waals surface area contributed by atoms with Crippen LogP contribution >= 0.6 is 0 Å². The maximum atomic E-state index is 14.6. The molecule has 0 atom stereocenters. The topological polar surface area (TPSA) is 18.5 Å². The van der Waals surface area contributed by atoms with Gasteiger partial charge < -0.3 is 9.47 Å². The van der Waals surface area contributed by atoms with Crippen molar-refractivity contribution in [1.29, 1.82) is 0 Å². The highest BCUT2D eigenvalue weighted by Crippen LogP contribution is 2.28. The molecule has 1 saturated heterocycles. The van der Waals surface area contributed by atoms with Gasteiger partial charge in [-0.3, -0.25) is 0 Å². The van der Waals surface area contributed by atoms with E-state index in [1.54, 1.807) is 24.3 Å². The summed E-state index contributed by atoms with van der Waals surface area (Å²) < 4.78 is 53.4. The fourth-order valence-corrected chi connectivity index (χ4v) is 3.85. The van der Waals surface area contributed by atoms with E-state index >= 15 is 0 Å². The third-order valence-corrected chi connectivity index (χ3v) is 5.70. The van der Waals surface area contributed by atoms with Gasteiger partial charge in [-0.25, -0.2) is 13.2 Å². The maximum absolute atomic E-state index is 14.6. The lowest BCUT2D eigenvalue weighted by atomic mass is 10.0. The zero-order valence-corrected chi connectivity index (χ0v) is 18.0. The zero-order chi connectivity index (χ0) is 22.5. The molecule has 1 fully saturated rings. The van der Waals surface area contributed by atoms with Crippen LogP contribution in [0, 0.1) is 35.2 Å². The third kappa shape index (κ3) is 5.15. The average Bonchev–Trinajstić information content (AvgIpc) is 2.81. The van der Waals surface area contributed by atoms with Crippen molar-refractivity contribution >= 4 is 10.8 Å². The number of unbranched alkanes of at least 4 members (excludes halogenated alkanes) is 2. The Hall–Kier alpha value is -2.81. The van der Waals surface area contributed by atoms with Crippen LogP contribution in [0.4, 0.5) is 13.2 Å². The molecule has 5 heteroatoms. The van der Waals surface area contributed by atoms with Gasteiger partial charge in [-0.2, -0.15) is 0 Å².